The fourth-order valence-corrected chi connectivity index (χ4v) is 26.9. The third kappa shape index (κ3) is 21.3. The summed E-state index contributed by atoms with van der Waals surface area (Å²) in [5.74, 6) is -29.6. The summed E-state index contributed by atoms with van der Waals surface area (Å²) >= 11 is 0. The van der Waals surface area contributed by atoms with E-state index in [0.29, 0.717) is 50.0 Å². The standard InChI is InChI=1S/C15H18O8.C15H20O6.C13H11F3O8.C13H18O4.C12H12O8.C12H16O4.C8H12O4/c1-15(2,3)23-13(19)8-6-4-5-7(8)12(18)21-9(5)10(6)22-14(20)11(16)17;1-2-20-14(19)15-5-8-3-9(6-15)11(10(4-8)7-15)21-13(18)12(16)17;14-13(15,16)2-22-10(19)5-3-1-4-6(5)11(20)23-7(4)8(3)24-12(21)9(17)18;14-11(15)12(16)17-7-13-4-8-1-9(5-13)3-10(2-8)6-13;1-18-10(15)5-3-2-4-6(5)11(16)19-7(4)8(3)20-12(17)9(13)14;13-11(14)12(15)16-10-8-2-6-1-7(4-8)5-9(10)3-6;9-7(10)8(11)12-6-4-2-1-3-5-6/h5-10H,4H2,1-3H3,(H,16,17);8-11H,2-7H2,1H3,(H,16,17);3-8H,1-2H2,(H,17,18);8-10H,1-7H2,(H,14,15);3-8H,2H2,1H3,(H,13,14);6-10H,1-5H2,(H,13,14);6H,1-5H2,(H,9,10)/p-7. The molecule has 20 unspecified atom stereocenters. The van der Waals surface area contributed by atoms with Crippen molar-refractivity contribution in [3.63, 3.8) is 0 Å². The van der Waals surface area contributed by atoms with E-state index in [1.165, 1.54) is 32.8 Å². The Balaban J connectivity index is 0.000000133. The van der Waals surface area contributed by atoms with E-state index in [1.807, 2.05) is 0 Å². The van der Waals surface area contributed by atoms with Gasteiger partial charge in [0.05, 0.1) is 61.2 Å². The van der Waals surface area contributed by atoms with Crippen molar-refractivity contribution in [3.8, 4) is 0 Å². The molecule has 20 atom stereocenters. The predicted molar refractivity (Wildman–Crippen MR) is 399 cm³/mol. The molecule has 42 nitrogen and oxygen atoms in total. The molecular weight excluding hydrogens is 1790 g/mol. The molecule has 3 aliphatic heterocycles. The first kappa shape index (κ1) is 99.1. The lowest BCUT2D eigenvalue weighted by molar-refractivity contribution is -0.306. The SMILES string of the molecule is CC(C)(C)OC(=O)C1C2CC3C(OC(=O)C31)C2OC(=O)C(=O)[O-].CCOC(=O)C12CC3CC(C1)C(OC(=O)C(=O)[O-])C(C3)C2.COC(=O)C1C2CC3C(OC(=O)C31)C2OC(=O)C(=O)[O-].O=C([O-])C(=O)OC1C2CC3C1OC(=O)C3C2C(=O)OCC(F)(F)F.O=C([O-])C(=O)OC1C2CC3CC(C2)CC1C3.O=C([O-])C(=O)OC1CCCCC1.O=C([O-])C(=O)OCC12CC3CC(CC(C3)C1)C2. The number of methoxy groups -OCH3 is 1. The summed E-state index contributed by atoms with van der Waals surface area (Å²) in [5.41, 5.74) is -1.09. The van der Waals surface area contributed by atoms with Gasteiger partial charge in [-0.15, -0.1) is 0 Å². The molecule has 18 bridgehead atoms. The molecule has 0 spiro atoms. The molecule has 133 heavy (non-hydrogen) atoms. The van der Waals surface area contributed by atoms with Gasteiger partial charge in [-0.3, -0.25) is 33.6 Å². The number of carboxylic acid groups (broad SMARTS) is 7. The van der Waals surface area contributed by atoms with Gasteiger partial charge in [0.2, 0.25) is 0 Å². The summed E-state index contributed by atoms with van der Waals surface area (Å²) in [6, 6.07) is 0. The van der Waals surface area contributed by atoms with Gasteiger partial charge < -0.3 is 136 Å². The van der Waals surface area contributed by atoms with Gasteiger partial charge in [-0.2, -0.15) is 13.2 Å². The average molecular weight is 1890 g/mol. The number of esters is 14. The first-order valence-electron chi connectivity index (χ1n) is 44.7. The highest BCUT2D eigenvalue weighted by Crippen LogP contribution is 2.65. The van der Waals surface area contributed by atoms with Crippen molar-refractivity contribution >= 4 is 125 Å². The van der Waals surface area contributed by atoms with Gasteiger partial charge in [-0.05, 0) is 235 Å². The number of rotatable bonds is 14. The molecule has 0 radical (unpaired) electrons. The number of carbonyl (C=O) groups is 21. The van der Waals surface area contributed by atoms with Crippen molar-refractivity contribution in [2.75, 3.05) is 26.9 Å². The molecule has 3 saturated heterocycles. The molecule has 19 aliphatic carbocycles. The minimum atomic E-state index is -4.73. The summed E-state index contributed by atoms with van der Waals surface area (Å²) in [5, 5.41) is 72.8. The Morgan fingerprint density at radius 2 is 0.699 bits per heavy atom. The Bertz CT molecular complexity index is 4570. The Morgan fingerprint density at radius 1 is 0.368 bits per heavy atom. The summed E-state index contributed by atoms with van der Waals surface area (Å²) in [7, 11) is 1.20. The minimum Gasteiger partial charge on any atom is -0.539 e. The smallest absolute Gasteiger partial charge is 0.422 e. The Kier molecular flexibility index (Phi) is 29.3. The van der Waals surface area contributed by atoms with Gasteiger partial charge in [0, 0.05) is 40.9 Å². The molecule has 0 aromatic heterocycles. The normalized spacial score (nSPS) is 37.8. The molecule has 0 aromatic rings. The van der Waals surface area contributed by atoms with Crippen molar-refractivity contribution in [1.82, 2.24) is 0 Å². The molecule has 22 aliphatic rings. The van der Waals surface area contributed by atoms with Crippen molar-refractivity contribution in [1.29, 1.82) is 0 Å². The molecule has 0 aromatic carbocycles. The number of alkyl halides is 3. The molecule has 3 heterocycles. The third-order valence-electron chi connectivity index (χ3n) is 30.4. The third-order valence-corrected chi connectivity index (χ3v) is 30.4. The second-order valence-corrected chi connectivity index (χ2v) is 39.8. The number of halogens is 3. The van der Waals surface area contributed by atoms with Gasteiger partial charge in [0.25, 0.3) is 0 Å². The maximum atomic E-state index is 12.5. The first-order chi connectivity index (χ1) is 62.5. The highest BCUT2D eigenvalue weighted by Gasteiger charge is 2.74. The molecule has 0 N–H and O–H groups in total. The van der Waals surface area contributed by atoms with Crippen LogP contribution in [0.15, 0.2) is 0 Å². The van der Waals surface area contributed by atoms with Crippen LogP contribution in [0.25, 0.3) is 0 Å². The van der Waals surface area contributed by atoms with Crippen LogP contribution in [0.5, 0.6) is 0 Å². The van der Waals surface area contributed by atoms with Crippen LogP contribution in [0.1, 0.15) is 182 Å². The molecular formula is C88H100F3O42-7. The zero-order valence-corrected chi connectivity index (χ0v) is 72.8. The van der Waals surface area contributed by atoms with E-state index >= 15 is 0 Å². The zero-order valence-electron chi connectivity index (χ0n) is 72.8. The molecule has 19 saturated carbocycles. The van der Waals surface area contributed by atoms with Crippen LogP contribution in [-0.2, 0) is 167 Å². The van der Waals surface area contributed by atoms with Crippen LogP contribution in [-0.4, -0.2) is 219 Å². The molecule has 45 heteroatoms. The zero-order chi connectivity index (χ0) is 97.0. The lowest BCUT2D eigenvalue weighted by Gasteiger charge is -2.57. The quantitative estimate of drug-likeness (QED) is 0.0895. The number of ether oxygens (including phenoxy) is 14. The number of hydrogen-bond donors (Lipinski definition) is 0. The van der Waals surface area contributed by atoms with E-state index in [-0.39, 0.29) is 60.3 Å². The average Bonchev–Trinajstić information content (AvgIpc) is 1.59. The highest BCUT2D eigenvalue weighted by molar-refractivity contribution is 6.30. The van der Waals surface area contributed by atoms with Crippen LogP contribution < -0.4 is 35.7 Å². The Morgan fingerprint density at radius 3 is 1.05 bits per heavy atom. The Hall–Kier alpha value is -11.3. The monoisotopic (exact) mass is 1890 g/mol. The number of fused-ring (bicyclic) bond motifs is 3. The molecule has 732 valence electrons. The van der Waals surface area contributed by atoms with Gasteiger partial charge in [-0.25, -0.2) is 33.6 Å². The number of carbonyl (C=O) groups excluding carboxylic acids is 21. The van der Waals surface area contributed by atoms with E-state index in [2.05, 4.69) is 14.2 Å². The van der Waals surface area contributed by atoms with Crippen LogP contribution in [0, 0.1) is 141 Å². The van der Waals surface area contributed by atoms with Gasteiger partial charge >= 0.3 is 89.7 Å². The summed E-state index contributed by atoms with van der Waals surface area (Å²) in [6.07, 6.45) is 11.9. The van der Waals surface area contributed by atoms with Gasteiger partial charge in [0.1, 0.15) is 60.5 Å². The highest BCUT2D eigenvalue weighted by atomic mass is 19.4. The van der Waals surface area contributed by atoms with Crippen LogP contribution in [0.2, 0.25) is 0 Å². The van der Waals surface area contributed by atoms with Crippen molar-refractivity contribution < 1.29 is 216 Å². The number of aliphatic carboxylic acids is 7. The second kappa shape index (κ2) is 39.3. The molecule has 0 amide bonds. The summed E-state index contributed by atoms with van der Waals surface area (Å²) in [4.78, 5) is 234. The number of carboxylic acids is 7. The fraction of sp³-hybridized carbons (Fsp3) is 0.761. The van der Waals surface area contributed by atoms with Gasteiger partial charge in [0.15, 0.2) is 48.4 Å². The number of hydrogen-bond acceptors (Lipinski definition) is 42. The Labute approximate surface area is 754 Å². The predicted octanol–water partition coefficient (Wildman–Crippen LogP) is -4.76. The van der Waals surface area contributed by atoms with E-state index in [4.69, 9.17) is 52.1 Å². The van der Waals surface area contributed by atoms with E-state index < -0.39 is 245 Å². The first-order valence-corrected chi connectivity index (χ1v) is 44.7. The van der Waals surface area contributed by atoms with E-state index in [9.17, 15) is 150 Å². The van der Waals surface area contributed by atoms with Crippen molar-refractivity contribution in [2.45, 2.75) is 249 Å². The van der Waals surface area contributed by atoms with E-state index in [1.54, 1.807) is 27.7 Å². The summed E-state index contributed by atoms with van der Waals surface area (Å²) in [6.45, 7) is 5.76. The maximum Gasteiger partial charge on any atom is 0.422 e. The van der Waals surface area contributed by atoms with Crippen LogP contribution in [0.4, 0.5) is 13.2 Å². The van der Waals surface area contributed by atoms with E-state index in [0.717, 1.165) is 126 Å². The molecule has 22 rings (SSSR count). The van der Waals surface area contributed by atoms with Gasteiger partial charge in [-0.1, -0.05) is 6.42 Å². The minimum absolute atomic E-state index is 0.0592. The van der Waals surface area contributed by atoms with Crippen LogP contribution >= 0.6 is 0 Å². The van der Waals surface area contributed by atoms with Crippen molar-refractivity contribution in [2.24, 2.45) is 141 Å². The second-order valence-electron chi connectivity index (χ2n) is 39.8. The lowest BCUT2D eigenvalue weighted by atomic mass is 9.48. The van der Waals surface area contributed by atoms with Crippen LogP contribution in [0.3, 0.4) is 0 Å². The maximum absolute atomic E-state index is 12.5. The fourth-order valence-electron chi connectivity index (χ4n) is 26.9. The summed E-state index contributed by atoms with van der Waals surface area (Å²) < 4.78 is 106. The largest absolute Gasteiger partial charge is 0.539 e. The van der Waals surface area contributed by atoms with Crippen molar-refractivity contribution in [3.05, 3.63) is 0 Å². The topological polar surface area (TPSA) is 649 Å². The lowest BCUT2D eigenvalue weighted by Crippen LogP contribution is -2.58. The molecule has 22 fully saturated rings.